The van der Waals surface area contributed by atoms with E-state index in [9.17, 15) is 4.79 Å². The number of rotatable bonds is 2. The molecule has 0 fully saturated rings. The average molecular weight is 293 g/mol. The Kier molecular flexibility index (Phi) is 3.90. The van der Waals surface area contributed by atoms with Crippen molar-refractivity contribution in [1.29, 1.82) is 0 Å². The Bertz CT molecular complexity index is 640. The quantitative estimate of drug-likeness (QED) is 0.882. The van der Waals surface area contributed by atoms with E-state index in [2.05, 4.69) is 5.32 Å². The lowest BCUT2D eigenvalue weighted by molar-refractivity contribution is 0.0636. The van der Waals surface area contributed by atoms with Crippen LogP contribution in [0.3, 0.4) is 0 Å². The number of carbonyl (C=O) groups excluding carboxylic acids is 1. The summed E-state index contributed by atoms with van der Waals surface area (Å²) in [6.45, 7) is 7.50. The van der Waals surface area contributed by atoms with Gasteiger partial charge in [-0.3, -0.25) is 5.32 Å². The number of thiophene rings is 1. The summed E-state index contributed by atoms with van der Waals surface area (Å²) in [4.78, 5) is 11.8. The van der Waals surface area contributed by atoms with Crippen LogP contribution in [0.1, 0.15) is 26.3 Å². The summed E-state index contributed by atoms with van der Waals surface area (Å²) in [6.07, 6.45) is -0.431. The van der Waals surface area contributed by atoms with Gasteiger partial charge in [0, 0.05) is 10.1 Å². The number of amides is 1. The van der Waals surface area contributed by atoms with E-state index in [1.165, 1.54) is 11.3 Å². The molecule has 0 aliphatic carbocycles. The lowest BCUT2D eigenvalue weighted by Gasteiger charge is -2.19. The zero-order valence-corrected chi connectivity index (χ0v) is 13.2. The highest BCUT2D eigenvalue weighted by molar-refractivity contribution is 7.23. The fourth-order valence-corrected chi connectivity index (χ4v) is 2.92. The SMILES string of the molecule is COc1ccc2sc(NC(=O)OC(C)(C)C)c(C)c2c1. The van der Waals surface area contributed by atoms with Gasteiger partial charge in [0.25, 0.3) is 0 Å². The van der Waals surface area contributed by atoms with E-state index in [1.807, 2.05) is 45.9 Å². The van der Waals surface area contributed by atoms with Gasteiger partial charge in [0.1, 0.15) is 16.4 Å². The average Bonchev–Trinajstić information content (AvgIpc) is 2.63. The maximum atomic E-state index is 11.8. The molecule has 1 aromatic heterocycles. The van der Waals surface area contributed by atoms with E-state index >= 15 is 0 Å². The molecule has 0 aliphatic heterocycles. The minimum Gasteiger partial charge on any atom is -0.497 e. The van der Waals surface area contributed by atoms with Gasteiger partial charge in [0.2, 0.25) is 0 Å². The van der Waals surface area contributed by atoms with Crippen LogP contribution in [-0.4, -0.2) is 18.8 Å². The van der Waals surface area contributed by atoms with E-state index in [4.69, 9.17) is 9.47 Å². The summed E-state index contributed by atoms with van der Waals surface area (Å²) in [5.74, 6) is 0.808. The number of anilines is 1. The first-order chi connectivity index (χ1) is 9.30. The van der Waals surface area contributed by atoms with Crippen LogP contribution in [0.5, 0.6) is 5.75 Å². The van der Waals surface area contributed by atoms with Crippen LogP contribution in [0.15, 0.2) is 18.2 Å². The monoisotopic (exact) mass is 293 g/mol. The van der Waals surface area contributed by atoms with Crippen molar-refractivity contribution in [1.82, 2.24) is 0 Å². The number of fused-ring (bicyclic) bond motifs is 1. The number of carbonyl (C=O) groups is 1. The minimum absolute atomic E-state index is 0.431. The van der Waals surface area contributed by atoms with Crippen molar-refractivity contribution in [3.63, 3.8) is 0 Å². The zero-order chi connectivity index (χ0) is 14.9. The third-order valence-corrected chi connectivity index (χ3v) is 3.95. The molecule has 1 heterocycles. The molecule has 20 heavy (non-hydrogen) atoms. The molecule has 2 aromatic rings. The third-order valence-electron chi connectivity index (χ3n) is 2.76. The Morgan fingerprint density at radius 1 is 1.30 bits per heavy atom. The van der Waals surface area contributed by atoms with Gasteiger partial charge >= 0.3 is 6.09 Å². The molecule has 0 bridgehead atoms. The first-order valence-corrected chi connectivity index (χ1v) is 7.19. The van der Waals surface area contributed by atoms with Gasteiger partial charge in [-0.05, 0) is 51.5 Å². The summed E-state index contributed by atoms with van der Waals surface area (Å²) in [7, 11) is 1.64. The molecule has 4 nitrogen and oxygen atoms in total. The second kappa shape index (κ2) is 5.32. The fraction of sp³-hybridized carbons (Fsp3) is 0.400. The maximum Gasteiger partial charge on any atom is 0.412 e. The Morgan fingerprint density at radius 2 is 2.00 bits per heavy atom. The van der Waals surface area contributed by atoms with E-state index in [1.54, 1.807) is 7.11 Å². The molecule has 0 saturated carbocycles. The number of hydrogen-bond acceptors (Lipinski definition) is 4. The van der Waals surface area contributed by atoms with E-state index in [0.29, 0.717) is 0 Å². The van der Waals surface area contributed by atoms with Crippen LogP contribution in [0.25, 0.3) is 10.1 Å². The molecule has 108 valence electrons. The topological polar surface area (TPSA) is 47.6 Å². The molecule has 5 heteroatoms. The highest BCUT2D eigenvalue weighted by Crippen LogP contribution is 2.37. The Hall–Kier alpha value is -1.75. The number of benzene rings is 1. The highest BCUT2D eigenvalue weighted by atomic mass is 32.1. The fourth-order valence-electron chi connectivity index (χ4n) is 1.84. The van der Waals surface area contributed by atoms with Gasteiger partial charge in [0.05, 0.1) is 7.11 Å². The molecule has 1 amide bonds. The predicted octanol–water partition coefficient (Wildman–Crippen LogP) is 4.57. The Morgan fingerprint density at radius 3 is 2.60 bits per heavy atom. The van der Waals surface area contributed by atoms with Gasteiger partial charge in [-0.1, -0.05) is 0 Å². The Balaban J connectivity index is 2.27. The molecule has 0 saturated heterocycles. The standard InChI is InChI=1S/C15H19NO3S/c1-9-11-8-10(18-5)6-7-12(11)20-13(9)16-14(17)19-15(2,3)4/h6-8H,1-5H3,(H,16,17). The molecule has 2 rings (SSSR count). The van der Waals surface area contributed by atoms with Crippen molar-refractivity contribution in [3.05, 3.63) is 23.8 Å². The molecule has 1 N–H and O–H groups in total. The summed E-state index contributed by atoms with van der Waals surface area (Å²) >= 11 is 1.53. The largest absolute Gasteiger partial charge is 0.497 e. The minimum atomic E-state index is -0.502. The van der Waals surface area contributed by atoms with Crippen molar-refractivity contribution in [2.75, 3.05) is 12.4 Å². The summed E-state index contributed by atoms with van der Waals surface area (Å²) in [5, 5.41) is 4.70. The van der Waals surface area contributed by atoms with Crippen LogP contribution >= 0.6 is 11.3 Å². The van der Waals surface area contributed by atoms with Crippen molar-refractivity contribution in [2.45, 2.75) is 33.3 Å². The van der Waals surface area contributed by atoms with Gasteiger partial charge in [-0.25, -0.2) is 4.79 Å². The number of hydrogen-bond donors (Lipinski definition) is 1. The van der Waals surface area contributed by atoms with Gasteiger partial charge in [0.15, 0.2) is 0 Å². The van der Waals surface area contributed by atoms with Crippen LogP contribution in [0.2, 0.25) is 0 Å². The number of nitrogens with one attached hydrogen (secondary N) is 1. The van der Waals surface area contributed by atoms with Gasteiger partial charge in [-0.15, -0.1) is 11.3 Å². The molecular weight excluding hydrogens is 274 g/mol. The second-order valence-corrected chi connectivity index (χ2v) is 6.60. The van der Waals surface area contributed by atoms with Crippen molar-refractivity contribution in [3.8, 4) is 5.75 Å². The predicted molar refractivity (Wildman–Crippen MR) is 83.0 cm³/mol. The van der Waals surface area contributed by atoms with Crippen LogP contribution < -0.4 is 10.1 Å². The van der Waals surface area contributed by atoms with E-state index < -0.39 is 11.7 Å². The van der Waals surface area contributed by atoms with Crippen molar-refractivity contribution < 1.29 is 14.3 Å². The summed E-state index contributed by atoms with van der Waals surface area (Å²) < 4.78 is 11.6. The lowest BCUT2D eigenvalue weighted by atomic mass is 10.2. The molecule has 1 aromatic carbocycles. The van der Waals surface area contributed by atoms with Crippen LogP contribution in [-0.2, 0) is 4.74 Å². The maximum absolute atomic E-state index is 11.8. The molecule has 0 spiro atoms. The normalized spacial score (nSPS) is 11.4. The van der Waals surface area contributed by atoms with Crippen LogP contribution in [0, 0.1) is 6.92 Å². The lowest BCUT2D eigenvalue weighted by Crippen LogP contribution is -2.27. The van der Waals surface area contributed by atoms with Crippen molar-refractivity contribution in [2.24, 2.45) is 0 Å². The van der Waals surface area contributed by atoms with Crippen LogP contribution in [0.4, 0.5) is 9.80 Å². The summed E-state index contributed by atoms with van der Waals surface area (Å²) in [5.41, 5.74) is 0.521. The molecule has 0 atom stereocenters. The smallest absolute Gasteiger partial charge is 0.412 e. The van der Waals surface area contributed by atoms with Crippen molar-refractivity contribution >= 4 is 32.5 Å². The number of aryl methyl sites for hydroxylation is 1. The second-order valence-electron chi connectivity index (χ2n) is 5.55. The molecule has 0 unspecified atom stereocenters. The first-order valence-electron chi connectivity index (χ1n) is 6.37. The Labute approximate surface area is 122 Å². The number of methoxy groups -OCH3 is 1. The number of ether oxygens (including phenoxy) is 2. The molecule has 0 radical (unpaired) electrons. The zero-order valence-electron chi connectivity index (χ0n) is 12.4. The highest BCUT2D eigenvalue weighted by Gasteiger charge is 2.18. The molecular formula is C15H19NO3S. The first kappa shape index (κ1) is 14.7. The van der Waals surface area contributed by atoms with Gasteiger partial charge < -0.3 is 9.47 Å². The van der Waals surface area contributed by atoms with E-state index in [-0.39, 0.29) is 0 Å². The van der Waals surface area contributed by atoms with Gasteiger partial charge in [-0.2, -0.15) is 0 Å². The summed E-state index contributed by atoms with van der Waals surface area (Å²) in [6, 6.07) is 5.88. The third kappa shape index (κ3) is 3.22. The van der Waals surface area contributed by atoms with E-state index in [0.717, 1.165) is 26.4 Å². The molecule has 0 aliphatic rings.